The molecule has 2 aromatic carbocycles. The summed E-state index contributed by atoms with van der Waals surface area (Å²) < 4.78 is 0. The molecule has 4 heteroatoms. The van der Waals surface area contributed by atoms with E-state index in [1.165, 1.54) is 5.56 Å². The molecular weight excluding hydrogens is 262 g/mol. The number of hydrogen-bond acceptors (Lipinski definition) is 2. The Kier molecular flexibility index (Phi) is 5.08. The second-order valence-electron chi connectivity index (χ2n) is 4.88. The predicted octanol–water partition coefficient (Wildman–Crippen LogP) is 1.82. The van der Waals surface area contributed by atoms with Crippen molar-refractivity contribution in [3.05, 3.63) is 65.7 Å². The Morgan fingerprint density at radius 3 is 2.71 bits per heavy atom. The quantitative estimate of drug-likeness (QED) is 0.877. The average Bonchev–Trinajstić information content (AvgIpc) is 2.53. The number of nitriles is 1. The van der Waals surface area contributed by atoms with Crippen LogP contribution in [0.3, 0.4) is 0 Å². The van der Waals surface area contributed by atoms with Crippen LogP contribution in [0.5, 0.6) is 0 Å². The Balaban J connectivity index is 1.86. The fourth-order valence-corrected chi connectivity index (χ4v) is 2.06. The summed E-state index contributed by atoms with van der Waals surface area (Å²) in [6.07, 6.45) is 0. The molecule has 0 heterocycles. The Hall–Kier alpha value is -2.64. The van der Waals surface area contributed by atoms with Crippen molar-refractivity contribution in [2.45, 2.75) is 13.0 Å². The number of amides is 1. The molecule has 2 aromatic rings. The van der Waals surface area contributed by atoms with Crippen molar-refractivity contribution in [2.24, 2.45) is 0 Å². The van der Waals surface area contributed by atoms with Crippen LogP contribution in [-0.2, 0) is 4.79 Å². The highest BCUT2D eigenvalue weighted by Crippen LogP contribution is 2.09. The highest BCUT2D eigenvalue weighted by molar-refractivity contribution is 5.91. The standard InChI is InChI=1S/C17H17N3O/c1-13(15-7-3-2-4-8-15)19-12-17(21)20-16-9-5-6-14(10-16)11-18/h2-10,13,19H,12H2,1H3,(H,20,21)/p+1/t13-/m0/s1. The summed E-state index contributed by atoms with van der Waals surface area (Å²) in [5, 5.41) is 13.6. The van der Waals surface area contributed by atoms with E-state index in [1.807, 2.05) is 23.5 Å². The summed E-state index contributed by atoms with van der Waals surface area (Å²) in [6, 6.07) is 19.2. The van der Waals surface area contributed by atoms with Crippen molar-refractivity contribution in [1.82, 2.24) is 0 Å². The van der Waals surface area contributed by atoms with Gasteiger partial charge in [0.2, 0.25) is 0 Å². The van der Waals surface area contributed by atoms with Gasteiger partial charge in [0.15, 0.2) is 6.54 Å². The number of carbonyl (C=O) groups excluding carboxylic acids is 1. The second-order valence-corrected chi connectivity index (χ2v) is 4.88. The molecule has 2 rings (SSSR count). The van der Waals surface area contributed by atoms with Crippen molar-refractivity contribution in [3.63, 3.8) is 0 Å². The maximum absolute atomic E-state index is 11.9. The molecular formula is C17H18N3O+. The zero-order valence-electron chi connectivity index (χ0n) is 11.9. The van der Waals surface area contributed by atoms with Crippen LogP contribution >= 0.6 is 0 Å². The van der Waals surface area contributed by atoms with E-state index in [4.69, 9.17) is 5.26 Å². The Bertz CT molecular complexity index is 647. The monoisotopic (exact) mass is 280 g/mol. The third-order valence-electron chi connectivity index (χ3n) is 3.26. The molecule has 21 heavy (non-hydrogen) atoms. The molecule has 106 valence electrons. The van der Waals surface area contributed by atoms with Crippen LogP contribution in [-0.4, -0.2) is 12.5 Å². The zero-order valence-corrected chi connectivity index (χ0v) is 11.9. The van der Waals surface area contributed by atoms with Crippen LogP contribution in [0.25, 0.3) is 0 Å². The Labute approximate surface area is 124 Å². The summed E-state index contributed by atoms with van der Waals surface area (Å²) in [7, 11) is 0. The first-order valence-electron chi connectivity index (χ1n) is 6.87. The fourth-order valence-electron chi connectivity index (χ4n) is 2.06. The van der Waals surface area contributed by atoms with E-state index in [2.05, 4.69) is 30.4 Å². The van der Waals surface area contributed by atoms with Crippen LogP contribution in [0.1, 0.15) is 24.1 Å². The third-order valence-corrected chi connectivity index (χ3v) is 3.26. The first-order chi connectivity index (χ1) is 10.2. The second kappa shape index (κ2) is 7.22. The van der Waals surface area contributed by atoms with E-state index in [0.717, 1.165) is 0 Å². The van der Waals surface area contributed by atoms with Crippen LogP contribution in [0.4, 0.5) is 5.69 Å². The largest absolute Gasteiger partial charge is 0.333 e. The van der Waals surface area contributed by atoms with Gasteiger partial charge in [0, 0.05) is 11.3 Å². The van der Waals surface area contributed by atoms with Crippen LogP contribution in [0.2, 0.25) is 0 Å². The molecule has 3 N–H and O–H groups in total. The van der Waals surface area contributed by atoms with E-state index in [0.29, 0.717) is 17.8 Å². The van der Waals surface area contributed by atoms with Gasteiger partial charge >= 0.3 is 0 Å². The number of quaternary nitrogens is 1. The van der Waals surface area contributed by atoms with Gasteiger partial charge < -0.3 is 10.6 Å². The molecule has 0 unspecified atom stereocenters. The van der Waals surface area contributed by atoms with Gasteiger partial charge in [0.25, 0.3) is 5.91 Å². The number of hydrogen-bond donors (Lipinski definition) is 2. The van der Waals surface area contributed by atoms with Crippen LogP contribution in [0.15, 0.2) is 54.6 Å². The van der Waals surface area contributed by atoms with Crippen molar-refractivity contribution in [2.75, 3.05) is 11.9 Å². The van der Waals surface area contributed by atoms with Gasteiger partial charge in [-0.05, 0) is 25.1 Å². The van der Waals surface area contributed by atoms with Gasteiger partial charge in [-0.1, -0.05) is 36.4 Å². The van der Waals surface area contributed by atoms with Crippen molar-refractivity contribution < 1.29 is 10.1 Å². The molecule has 0 fully saturated rings. The van der Waals surface area contributed by atoms with Gasteiger partial charge in [-0.2, -0.15) is 5.26 Å². The molecule has 0 aliphatic heterocycles. The molecule has 0 radical (unpaired) electrons. The van der Waals surface area contributed by atoms with Gasteiger partial charge in [0.05, 0.1) is 11.6 Å². The lowest BCUT2D eigenvalue weighted by Gasteiger charge is -2.11. The van der Waals surface area contributed by atoms with Gasteiger partial charge in [-0.25, -0.2) is 0 Å². The first kappa shape index (κ1) is 14.8. The lowest BCUT2D eigenvalue weighted by molar-refractivity contribution is -0.682. The smallest absolute Gasteiger partial charge is 0.279 e. The van der Waals surface area contributed by atoms with Gasteiger partial charge in [-0.15, -0.1) is 0 Å². The van der Waals surface area contributed by atoms with E-state index in [-0.39, 0.29) is 11.9 Å². The molecule has 0 saturated carbocycles. The maximum atomic E-state index is 11.9. The number of carbonyl (C=O) groups is 1. The Morgan fingerprint density at radius 1 is 1.24 bits per heavy atom. The summed E-state index contributed by atoms with van der Waals surface area (Å²) >= 11 is 0. The molecule has 0 spiro atoms. The van der Waals surface area contributed by atoms with Crippen molar-refractivity contribution in [1.29, 1.82) is 5.26 Å². The minimum atomic E-state index is -0.0760. The van der Waals surface area contributed by atoms with Crippen LogP contribution in [0, 0.1) is 11.3 Å². The molecule has 0 aromatic heterocycles. The number of anilines is 1. The van der Waals surface area contributed by atoms with Crippen molar-refractivity contribution in [3.8, 4) is 6.07 Å². The van der Waals surface area contributed by atoms with Crippen LogP contribution < -0.4 is 10.6 Å². The normalized spacial score (nSPS) is 11.4. The number of benzene rings is 2. The molecule has 0 aliphatic carbocycles. The topological polar surface area (TPSA) is 69.5 Å². The van der Waals surface area contributed by atoms with E-state index in [1.54, 1.807) is 24.3 Å². The average molecular weight is 280 g/mol. The summed E-state index contributed by atoms with van der Waals surface area (Å²) in [6.45, 7) is 2.41. The molecule has 1 atom stereocenters. The summed E-state index contributed by atoms with van der Waals surface area (Å²) in [5.41, 5.74) is 2.38. The fraction of sp³-hybridized carbons (Fsp3) is 0.176. The molecule has 0 bridgehead atoms. The highest BCUT2D eigenvalue weighted by atomic mass is 16.1. The first-order valence-corrected chi connectivity index (χ1v) is 6.87. The SMILES string of the molecule is C[C@H]([NH2+]CC(=O)Nc1cccc(C#N)c1)c1ccccc1. The number of rotatable bonds is 5. The Morgan fingerprint density at radius 2 is 2.00 bits per heavy atom. The number of nitrogens with one attached hydrogen (secondary N) is 1. The van der Waals surface area contributed by atoms with E-state index in [9.17, 15) is 4.79 Å². The van der Waals surface area contributed by atoms with Gasteiger partial charge in [-0.3, -0.25) is 4.79 Å². The highest BCUT2D eigenvalue weighted by Gasteiger charge is 2.11. The summed E-state index contributed by atoms with van der Waals surface area (Å²) in [5.74, 6) is -0.0760. The van der Waals surface area contributed by atoms with Gasteiger partial charge in [0.1, 0.15) is 6.04 Å². The number of nitrogens with zero attached hydrogens (tertiary/aromatic N) is 1. The molecule has 0 saturated heterocycles. The van der Waals surface area contributed by atoms with E-state index >= 15 is 0 Å². The minimum absolute atomic E-state index is 0.0760. The van der Waals surface area contributed by atoms with E-state index < -0.39 is 0 Å². The maximum Gasteiger partial charge on any atom is 0.279 e. The third kappa shape index (κ3) is 4.44. The summed E-state index contributed by atoms with van der Waals surface area (Å²) in [4.78, 5) is 11.9. The zero-order chi connectivity index (χ0) is 15.1. The molecule has 1 amide bonds. The number of nitrogens with two attached hydrogens (primary N) is 1. The predicted molar refractivity (Wildman–Crippen MR) is 81.4 cm³/mol. The lowest BCUT2D eigenvalue weighted by atomic mass is 10.1. The minimum Gasteiger partial charge on any atom is -0.333 e. The molecule has 0 aliphatic rings. The lowest BCUT2D eigenvalue weighted by Crippen LogP contribution is -2.86. The van der Waals surface area contributed by atoms with Crippen molar-refractivity contribution >= 4 is 11.6 Å². The molecule has 4 nitrogen and oxygen atoms in total.